The van der Waals surface area contributed by atoms with Crippen LogP contribution in [-0.4, -0.2) is 4.98 Å². The number of halogens is 3. The molecule has 15 heavy (non-hydrogen) atoms. The summed E-state index contributed by atoms with van der Waals surface area (Å²) in [5.74, 6) is 0. The zero-order valence-electron chi connectivity index (χ0n) is 7.34. The maximum Gasteiger partial charge on any atom is 0.419 e. The Morgan fingerprint density at radius 3 is 2.47 bits per heavy atom. The van der Waals surface area contributed by atoms with Gasteiger partial charge in [-0.05, 0) is 6.07 Å². The number of pyridine rings is 1. The van der Waals surface area contributed by atoms with Crippen LogP contribution >= 0.6 is 0 Å². The topological polar surface area (TPSA) is 60.5 Å². The Bertz CT molecular complexity index is 451. The van der Waals surface area contributed by atoms with Crippen LogP contribution in [0.25, 0.3) is 0 Å². The van der Waals surface area contributed by atoms with Gasteiger partial charge in [0.1, 0.15) is 0 Å². The lowest BCUT2D eigenvalue weighted by Gasteiger charge is -2.08. The summed E-state index contributed by atoms with van der Waals surface area (Å²) >= 11 is 0. The average Bonchev–Trinajstić information content (AvgIpc) is 2.16. The molecule has 0 bridgehead atoms. The van der Waals surface area contributed by atoms with Gasteiger partial charge >= 0.3 is 6.18 Å². The van der Waals surface area contributed by atoms with Crippen molar-refractivity contribution < 1.29 is 13.2 Å². The fourth-order valence-corrected chi connectivity index (χ4v) is 0.995. The Labute approximate surface area is 83.4 Å². The van der Waals surface area contributed by atoms with Crippen LogP contribution in [-0.2, 0) is 12.6 Å². The second-order valence-electron chi connectivity index (χ2n) is 2.67. The van der Waals surface area contributed by atoms with Crippen LogP contribution in [0.5, 0.6) is 0 Å². The number of rotatable bonds is 1. The quantitative estimate of drug-likeness (QED) is 0.714. The Morgan fingerprint density at radius 2 is 2.00 bits per heavy atom. The van der Waals surface area contributed by atoms with E-state index in [1.165, 1.54) is 6.07 Å². The van der Waals surface area contributed by atoms with E-state index < -0.39 is 17.3 Å². The van der Waals surface area contributed by atoms with Gasteiger partial charge in [0.25, 0.3) is 0 Å². The van der Waals surface area contributed by atoms with Gasteiger partial charge in [-0.15, -0.1) is 0 Å². The molecule has 6 heteroatoms. The molecule has 0 amide bonds. The molecule has 0 spiro atoms. The molecule has 0 radical (unpaired) electrons. The molecule has 0 aromatic carbocycles. The van der Waals surface area contributed by atoms with Crippen molar-refractivity contribution in [2.24, 2.45) is 0 Å². The van der Waals surface area contributed by atoms with Gasteiger partial charge in [-0.3, -0.25) is 4.98 Å². The van der Waals surface area contributed by atoms with Gasteiger partial charge in [0.15, 0.2) is 0 Å². The molecule has 0 aliphatic heterocycles. The van der Waals surface area contributed by atoms with Crippen LogP contribution in [0, 0.1) is 22.7 Å². The summed E-state index contributed by atoms with van der Waals surface area (Å²) in [4.78, 5) is 3.45. The minimum absolute atomic E-state index is 0.118. The standard InChI is InChI=1S/C9H4F3N3/c10-9(11,12)8-5-15-7(1-2-13)3-6(8)4-14/h3,5H,1H2. The Morgan fingerprint density at radius 1 is 1.33 bits per heavy atom. The van der Waals surface area contributed by atoms with Crippen LogP contribution in [0.1, 0.15) is 16.8 Å². The molecule has 1 aromatic rings. The van der Waals surface area contributed by atoms with E-state index >= 15 is 0 Å². The highest BCUT2D eigenvalue weighted by molar-refractivity contribution is 5.39. The fraction of sp³-hybridized carbons (Fsp3) is 0.222. The summed E-state index contributed by atoms with van der Waals surface area (Å²) in [6.45, 7) is 0. The first kappa shape index (κ1) is 11.0. The Balaban J connectivity index is 3.24. The van der Waals surface area contributed by atoms with Gasteiger partial charge in [-0.1, -0.05) is 0 Å². The Hall–Kier alpha value is -2.08. The minimum Gasteiger partial charge on any atom is -0.259 e. The number of alkyl halides is 3. The molecule has 0 aliphatic carbocycles. The molecular formula is C9H4F3N3. The monoisotopic (exact) mass is 211 g/mol. The molecule has 0 saturated carbocycles. The number of nitrogens with zero attached hydrogens (tertiary/aromatic N) is 3. The van der Waals surface area contributed by atoms with Crippen molar-refractivity contribution in [2.75, 3.05) is 0 Å². The van der Waals surface area contributed by atoms with Gasteiger partial charge in [-0.25, -0.2) is 0 Å². The maximum atomic E-state index is 12.3. The van der Waals surface area contributed by atoms with Gasteiger partial charge in [0.2, 0.25) is 0 Å². The molecule has 1 rings (SSSR count). The third kappa shape index (κ3) is 2.44. The van der Waals surface area contributed by atoms with Crippen molar-refractivity contribution in [1.82, 2.24) is 4.98 Å². The summed E-state index contributed by atoms with van der Waals surface area (Å²) in [6.07, 6.45) is -4.14. The normalized spacial score (nSPS) is 10.5. The molecule has 0 atom stereocenters. The lowest BCUT2D eigenvalue weighted by Crippen LogP contribution is -2.09. The van der Waals surface area contributed by atoms with Gasteiger partial charge in [0.05, 0.1) is 35.4 Å². The van der Waals surface area contributed by atoms with Crippen LogP contribution in [0.3, 0.4) is 0 Å². The largest absolute Gasteiger partial charge is 0.419 e. The van der Waals surface area contributed by atoms with E-state index in [0.717, 1.165) is 6.07 Å². The maximum absolute atomic E-state index is 12.3. The number of nitriles is 2. The summed E-state index contributed by atoms with van der Waals surface area (Å²) < 4.78 is 36.9. The van der Waals surface area contributed by atoms with E-state index in [0.29, 0.717) is 6.20 Å². The van der Waals surface area contributed by atoms with Crippen molar-refractivity contribution in [3.63, 3.8) is 0 Å². The van der Waals surface area contributed by atoms with E-state index in [2.05, 4.69) is 4.98 Å². The van der Waals surface area contributed by atoms with E-state index in [-0.39, 0.29) is 12.1 Å². The van der Waals surface area contributed by atoms with E-state index in [1.807, 2.05) is 0 Å². The minimum atomic E-state index is -4.59. The predicted octanol–water partition coefficient (Wildman–Crippen LogP) is 2.04. The van der Waals surface area contributed by atoms with Crippen LogP contribution in [0.4, 0.5) is 13.2 Å². The number of hydrogen-bond donors (Lipinski definition) is 0. The predicted molar refractivity (Wildman–Crippen MR) is 43.3 cm³/mol. The zero-order chi connectivity index (χ0) is 11.5. The first-order chi connectivity index (χ1) is 6.99. The molecule has 0 saturated heterocycles. The third-order valence-electron chi connectivity index (χ3n) is 1.65. The van der Waals surface area contributed by atoms with Crippen LogP contribution in [0.2, 0.25) is 0 Å². The van der Waals surface area contributed by atoms with Crippen molar-refractivity contribution >= 4 is 0 Å². The fourth-order valence-electron chi connectivity index (χ4n) is 0.995. The Kier molecular flexibility index (Phi) is 2.91. The molecule has 1 aromatic heterocycles. The molecule has 76 valence electrons. The van der Waals surface area contributed by atoms with Gasteiger partial charge in [0, 0.05) is 6.20 Å². The van der Waals surface area contributed by atoms with Crippen molar-refractivity contribution in [1.29, 1.82) is 10.5 Å². The zero-order valence-corrected chi connectivity index (χ0v) is 7.34. The molecule has 0 fully saturated rings. The SMILES string of the molecule is N#CCc1cc(C#N)c(C(F)(F)F)cn1. The molecule has 0 N–H and O–H groups in total. The molecule has 0 aliphatic rings. The van der Waals surface area contributed by atoms with Crippen molar-refractivity contribution in [2.45, 2.75) is 12.6 Å². The molecule has 3 nitrogen and oxygen atoms in total. The number of hydrogen-bond acceptors (Lipinski definition) is 3. The van der Waals surface area contributed by atoms with Crippen molar-refractivity contribution in [3.8, 4) is 12.1 Å². The van der Waals surface area contributed by atoms with Crippen molar-refractivity contribution in [3.05, 3.63) is 29.1 Å². The molecular weight excluding hydrogens is 207 g/mol. The molecule has 1 heterocycles. The smallest absolute Gasteiger partial charge is 0.259 e. The van der Waals surface area contributed by atoms with Crippen LogP contribution < -0.4 is 0 Å². The second kappa shape index (κ2) is 3.97. The van der Waals surface area contributed by atoms with E-state index in [4.69, 9.17) is 10.5 Å². The first-order valence-electron chi connectivity index (χ1n) is 3.82. The highest BCUT2D eigenvalue weighted by atomic mass is 19.4. The van der Waals surface area contributed by atoms with E-state index in [9.17, 15) is 13.2 Å². The van der Waals surface area contributed by atoms with Gasteiger partial charge < -0.3 is 0 Å². The number of aromatic nitrogens is 1. The summed E-state index contributed by atoms with van der Waals surface area (Å²) in [6, 6.07) is 4.15. The third-order valence-corrected chi connectivity index (χ3v) is 1.65. The molecule has 0 unspecified atom stereocenters. The highest BCUT2D eigenvalue weighted by Gasteiger charge is 2.34. The lowest BCUT2D eigenvalue weighted by atomic mass is 10.1. The van der Waals surface area contributed by atoms with E-state index in [1.54, 1.807) is 6.07 Å². The van der Waals surface area contributed by atoms with Gasteiger partial charge in [-0.2, -0.15) is 23.7 Å². The first-order valence-corrected chi connectivity index (χ1v) is 3.82. The van der Waals surface area contributed by atoms with Crippen LogP contribution in [0.15, 0.2) is 12.3 Å². The lowest BCUT2D eigenvalue weighted by molar-refractivity contribution is -0.138. The average molecular weight is 211 g/mol. The summed E-state index contributed by atoms with van der Waals surface area (Å²) in [7, 11) is 0. The summed E-state index contributed by atoms with van der Waals surface area (Å²) in [5, 5.41) is 16.8. The second-order valence-corrected chi connectivity index (χ2v) is 2.67. The highest BCUT2D eigenvalue weighted by Crippen LogP contribution is 2.31. The summed E-state index contributed by atoms with van der Waals surface area (Å²) in [5.41, 5.74) is -1.43.